The summed E-state index contributed by atoms with van der Waals surface area (Å²) in [7, 11) is -3.46. The zero-order chi connectivity index (χ0) is 15.7. The van der Waals surface area contributed by atoms with Crippen molar-refractivity contribution in [2.24, 2.45) is 0 Å². The third-order valence-corrected chi connectivity index (χ3v) is 4.53. The zero-order valence-electron chi connectivity index (χ0n) is 12.7. The van der Waals surface area contributed by atoms with E-state index >= 15 is 0 Å². The second kappa shape index (κ2) is 8.79. The van der Waals surface area contributed by atoms with Gasteiger partial charge in [-0.3, -0.25) is 4.79 Å². The van der Waals surface area contributed by atoms with Crippen molar-refractivity contribution in [2.75, 3.05) is 11.9 Å². The van der Waals surface area contributed by atoms with Gasteiger partial charge in [0.05, 0.1) is 4.90 Å². The normalized spacial score (nSPS) is 11.3. The molecule has 0 bridgehead atoms. The molecule has 0 saturated heterocycles. The molecule has 0 aliphatic carbocycles. The maximum Gasteiger partial charge on any atom is 0.240 e. The van der Waals surface area contributed by atoms with E-state index in [1.165, 1.54) is 31.9 Å². The van der Waals surface area contributed by atoms with Crippen molar-refractivity contribution < 1.29 is 13.2 Å². The van der Waals surface area contributed by atoms with Crippen LogP contribution in [0.3, 0.4) is 0 Å². The van der Waals surface area contributed by atoms with Gasteiger partial charge in [-0.25, -0.2) is 13.1 Å². The molecule has 21 heavy (non-hydrogen) atoms. The van der Waals surface area contributed by atoms with E-state index in [-0.39, 0.29) is 10.8 Å². The number of sulfonamides is 1. The highest BCUT2D eigenvalue weighted by molar-refractivity contribution is 7.89. The second-order valence-corrected chi connectivity index (χ2v) is 6.78. The van der Waals surface area contributed by atoms with Crippen LogP contribution in [0.4, 0.5) is 5.69 Å². The molecule has 1 aromatic rings. The molecule has 0 unspecified atom stereocenters. The van der Waals surface area contributed by atoms with Gasteiger partial charge >= 0.3 is 0 Å². The lowest BCUT2D eigenvalue weighted by atomic mass is 10.2. The number of nitrogens with one attached hydrogen (secondary N) is 2. The standard InChI is InChI=1S/C15H24N2O3S/c1-3-4-5-6-7-12-16-21(19,20)15-10-8-14(9-11-15)17-13(2)18/h8-11,16H,3-7,12H2,1-2H3,(H,17,18). The summed E-state index contributed by atoms with van der Waals surface area (Å²) in [6.07, 6.45) is 5.40. The largest absolute Gasteiger partial charge is 0.326 e. The molecule has 2 N–H and O–H groups in total. The van der Waals surface area contributed by atoms with Crippen molar-refractivity contribution in [1.29, 1.82) is 0 Å². The van der Waals surface area contributed by atoms with Crippen molar-refractivity contribution in [3.8, 4) is 0 Å². The molecule has 0 fully saturated rings. The summed E-state index contributed by atoms with van der Waals surface area (Å²) in [6.45, 7) is 4.01. The third kappa shape index (κ3) is 6.73. The molecule has 1 aromatic carbocycles. The first kappa shape index (κ1) is 17.7. The number of benzene rings is 1. The average molecular weight is 312 g/mol. The molecular formula is C15H24N2O3S. The molecule has 0 spiro atoms. The zero-order valence-corrected chi connectivity index (χ0v) is 13.5. The summed E-state index contributed by atoms with van der Waals surface area (Å²) in [5.41, 5.74) is 0.584. The molecule has 0 heterocycles. The minimum Gasteiger partial charge on any atom is -0.326 e. The van der Waals surface area contributed by atoms with Gasteiger partial charge in [-0.05, 0) is 30.7 Å². The first-order valence-electron chi connectivity index (χ1n) is 7.33. The maximum absolute atomic E-state index is 12.1. The number of hydrogen-bond acceptors (Lipinski definition) is 3. The molecule has 0 aliphatic heterocycles. The predicted octanol–water partition coefficient (Wildman–Crippen LogP) is 2.89. The Morgan fingerprint density at radius 2 is 1.67 bits per heavy atom. The molecule has 5 nitrogen and oxygen atoms in total. The Labute approximate surface area is 127 Å². The quantitative estimate of drug-likeness (QED) is 0.688. The van der Waals surface area contributed by atoms with E-state index < -0.39 is 10.0 Å². The van der Waals surface area contributed by atoms with Crippen LogP contribution in [-0.4, -0.2) is 20.9 Å². The fourth-order valence-electron chi connectivity index (χ4n) is 1.94. The summed E-state index contributed by atoms with van der Waals surface area (Å²) in [4.78, 5) is 11.1. The number of carbonyl (C=O) groups excluding carboxylic acids is 1. The summed E-state index contributed by atoms with van der Waals surface area (Å²) in [5, 5.41) is 2.60. The Morgan fingerprint density at radius 1 is 1.05 bits per heavy atom. The topological polar surface area (TPSA) is 75.3 Å². The van der Waals surface area contributed by atoms with Crippen LogP contribution in [0.5, 0.6) is 0 Å². The molecule has 118 valence electrons. The van der Waals surface area contributed by atoms with Gasteiger partial charge in [-0.15, -0.1) is 0 Å². The van der Waals surface area contributed by atoms with Crippen LogP contribution in [0.15, 0.2) is 29.2 Å². The van der Waals surface area contributed by atoms with Crippen LogP contribution in [0.1, 0.15) is 46.0 Å². The fraction of sp³-hybridized carbons (Fsp3) is 0.533. The van der Waals surface area contributed by atoms with E-state index in [2.05, 4.69) is 17.0 Å². The Hall–Kier alpha value is -1.40. The number of anilines is 1. The predicted molar refractivity (Wildman–Crippen MR) is 84.7 cm³/mol. The lowest BCUT2D eigenvalue weighted by molar-refractivity contribution is -0.114. The smallest absolute Gasteiger partial charge is 0.240 e. The van der Waals surface area contributed by atoms with Crippen LogP contribution >= 0.6 is 0 Å². The van der Waals surface area contributed by atoms with Crippen molar-refractivity contribution in [1.82, 2.24) is 4.72 Å². The minimum absolute atomic E-state index is 0.184. The molecule has 0 radical (unpaired) electrons. The summed E-state index contributed by atoms with van der Waals surface area (Å²) in [5.74, 6) is -0.184. The summed E-state index contributed by atoms with van der Waals surface area (Å²) in [6, 6.07) is 6.14. The van der Waals surface area contributed by atoms with Crippen LogP contribution in [0.2, 0.25) is 0 Å². The molecule has 6 heteroatoms. The van der Waals surface area contributed by atoms with Gasteiger partial charge < -0.3 is 5.32 Å². The Balaban J connectivity index is 2.48. The minimum atomic E-state index is -3.46. The van der Waals surface area contributed by atoms with Gasteiger partial charge in [0.2, 0.25) is 15.9 Å². The number of amides is 1. The van der Waals surface area contributed by atoms with E-state index in [0.29, 0.717) is 12.2 Å². The van der Waals surface area contributed by atoms with Gasteiger partial charge in [-0.1, -0.05) is 32.6 Å². The molecule has 0 atom stereocenters. The Bertz CT molecular complexity index is 539. The number of rotatable bonds is 9. The van der Waals surface area contributed by atoms with E-state index in [9.17, 15) is 13.2 Å². The molecule has 1 rings (SSSR count). The van der Waals surface area contributed by atoms with Crippen molar-refractivity contribution in [3.05, 3.63) is 24.3 Å². The van der Waals surface area contributed by atoms with Crippen molar-refractivity contribution in [3.63, 3.8) is 0 Å². The highest BCUT2D eigenvalue weighted by Gasteiger charge is 2.12. The lowest BCUT2D eigenvalue weighted by Crippen LogP contribution is -2.24. The molecule has 0 aromatic heterocycles. The lowest BCUT2D eigenvalue weighted by Gasteiger charge is -2.08. The average Bonchev–Trinajstić information content (AvgIpc) is 2.42. The Kier molecular flexibility index (Phi) is 7.39. The maximum atomic E-state index is 12.1. The number of unbranched alkanes of at least 4 members (excludes halogenated alkanes) is 4. The molecule has 0 saturated carbocycles. The first-order chi connectivity index (χ1) is 9.95. The highest BCUT2D eigenvalue weighted by Crippen LogP contribution is 2.14. The molecular weight excluding hydrogens is 288 g/mol. The van der Waals surface area contributed by atoms with E-state index in [1.807, 2.05) is 0 Å². The monoisotopic (exact) mass is 312 g/mol. The van der Waals surface area contributed by atoms with E-state index in [1.54, 1.807) is 12.1 Å². The Morgan fingerprint density at radius 3 is 2.24 bits per heavy atom. The van der Waals surface area contributed by atoms with Gasteiger partial charge in [0, 0.05) is 19.2 Å². The highest BCUT2D eigenvalue weighted by atomic mass is 32.2. The van der Waals surface area contributed by atoms with Crippen LogP contribution in [0, 0.1) is 0 Å². The number of hydrogen-bond donors (Lipinski definition) is 2. The first-order valence-corrected chi connectivity index (χ1v) is 8.81. The van der Waals surface area contributed by atoms with E-state index in [0.717, 1.165) is 19.3 Å². The van der Waals surface area contributed by atoms with Gasteiger partial charge in [0.25, 0.3) is 0 Å². The SMILES string of the molecule is CCCCCCCNS(=O)(=O)c1ccc(NC(C)=O)cc1. The summed E-state index contributed by atoms with van der Waals surface area (Å²) >= 11 is 0. The van der Waals surface area contributed by atoms with Crippen molar-refractivity contribution in [2.45, 2.75) is 50.8 Å². The van der Waals surface area contributed by atoms with Crippen LogP contribution in [0.25, 0.3) is 0 Å². The van der Waals surface area contributed by atoms with Gasteiger partial charge in [-0.2, -0.15) is 0 Å². The van der Waals surface area contributed by atoms with E-state index in [4.69, 9.17) is 0 Å². The fourth-order valence-corrected chi connectivity index (χ4v) is 3.01. The summed E-state index contributed by atoms with van der Waals surface area (Å²) < 4.78 is 26.7. The molecule has 1 amide bonds. The third-order valence-electron chi connectivity index (χ3n) is 3.06. The van der Waals surface area contributed by atoms with Crippen molar-refractivity contribution >= 4 is 21.6 Å². The second-order valence-electron chi connectivity index (χ2n) is 5.02. The van der Waals surface area contributed by atoms with Gasteiger partial charge in [0.1, 0.15) is 0 Å². The molecule has 0 aliphatic rings. The van der Waals surface area contributed by atoms with Gasteiger partial charge in [0.15, 0.2) is 0 Å². The number of carbonyl (C=O) groups is 1. The van der Waals surface area contributed by atoms with Crippen LogP contribution in [-0.2, 0) is 14.8 Å². The van der Waals surface area contributed by atoms with Crippen LogP contribution < -0.4 is 10.0 Å².